The van der Waals surface area contributed by atoms with Crippen molar-refractivity contribution in [2.24, 2.45) is 29.1 Å². The summed E-state index contributed by atoms with van der Waals surface area (Å²) in [7, 11) is 0. The molecule has 1 nitrogen and oxygen atoms in total. The Labute approximate surface area is 123 Å². The fourth-order valence-corrected chi connectivity index (χ4v) is 6.46. The van der Waals surface area contributed by atoms with Gasteiger partial charge in [-0.15, -0.1) is 0 Å². The van der Waals surface area contributed by atoms with Gasteiger partial charge in [-0.25, -0.2) is 0 Å². The second-order valence-corrected chi connectivity index (χ2v) is 8.28. The van der Waals surface area contributed by atoms with Gasteiger partial charge < -0.3 is 0 Å². The van der Waals surface area contributed by atoms with E-state index in [4.69, 9.17) is 0 Å². The largest absolute Gasteiger partial charge is 0.300 e. The van der Waals surface area contributed by atoms with E-state index in [0.29, 0.717) is 17.1 Å². The van der Waals surface area contributed by atoms with E-state index in [9.17, 15) is 4.79 Å². The van der Waals surface area contributed by atoms with Crippen LogP contribution in [0.5, 0.6) is 0 Å². The Balaban J connectivity index is 1.64. The molecule has 0 saturated heterocycles. The highest BCUT2D eigenvalue weighted by Crippen LogP contribution is 2.62. The van der Waals surface area contributed by atoms with Crippen molar-refractivity contribution in [3.05, 3.63) is 11.1 Å². The number of ketones is 1. The van der Waals surface area contributed by atoms with Gasteiger partial charge in [0.25, 0.3) is 0 Å². The maximum absolute atomic E-state index is 11.8. The van der Waals surface area contributed by atoms with E-state index in [1.807, 2.05) is 5.57 Å². The maximum atomic E-state index is 11.8. The van der Waals surface area contributed by atoms with Gasteiger partial charge in [-0.05, 0) is 81.0 Å². The molecular weight excluding hydrogens is 244 g/mol. The summed E-state index contributed by atoms with van der Waals surface area (Å²) in [5.74, 6) is 4.03. The molecule has 0 aliphatic heterocycles. The topological polar surface area (TPSA) is 17.1 Å². The van der Waals surface area contributed by atoms with Crippen LogP contribution in [0.25, 0.3) is 0 Å². The fraction of sp³-hybridized carbons (Fsp3) is 0.842. The second kappa shape index (κ2) is 4.45. The van der Waals surface area contributed by atoms with Crippen molar-refractivity contribution in [1.82, 2.24) is 0 Å². The Bertz CT molecular complexity index is 474. The first-order valence-corrected chi connectivity index (χ1v) is 8.80. The van der Waals surface area contributed by atoms with Crippen molar-refractivity contribution in [2.75, 3.05) is 0 Å². The fourth-order valence-electron chi connectivity index (χ4n) is 6.46. The summed E-state index contributed by atoms with van der Waals surface area (Å²) in [6.07, 6.45) is 11.2. The van der Waals surface area contributed by atoms with Crippen molar-refractivity contribution in [3.8, 4) is 0 Å². The molecule has 4 rings (SSSR count). The third-order valence-electron chi connectivity index (χ3n) is 7.63. The molecule has 4 aliphatic rings. The second-order valence-electron chi connectivity index (χ2n) is 8.28. The SMILES string of the molecule is CC1=C2CCC3C(CCC4CC(=O)CCC43C)C2CC1. The molecule has 1 heteroatoms. The molecule has 0 heterocycles. The Kier molecular flexibility index (Phi) is 2.91. The van der Waals surface area contributed by atoms with Gasteiger partial charge in [0.1, 0.15) is 5.78 Å². The minimum atomic E-state index is 0.485. The zero-order valence-electron chi connectivity index (χ0n) is 13.1. The molecule has 3 saturated carbocycles. The van der Waals surface area contributed by atoms with Gasteiger partial charge in [-0.2, -0.15) is 0 Å². The van der Waals surface area contributed by atoms with Crippen molar-refractivity contribution in [3.63, 3.8) is 0 Å². The lowest BCUT2D eigenvalue weighted by molar-refractivity contribution is -0.132. The van der Waals surface area contributed by atoms with Gasteiger partial charge in [0.15, 0.2) is 0 Å². The Morgan fingerprint density at radius 2 is 1.90 bits per heavy atom. The van der Waals surface area contributed by atoms with E-state index in [-0.39, 0.29) is 0 Å². The molecule has 0 aromatic heterocycles. The van der Waals surface area contributed by atoms with Crippen LogP contribution >= 0.6 is 0 Å². The number of carbonyl (C=O) groups is 1. The van der Waals surface area contributed by atoms with Gasteiger partial charge in [0.05, 0.1) is 0 Å². The van der Waals surface area contributed by atoms with Crippen LogP contribution in [0.3, 0.4) is 0 Å². The predicted molar refractivity (Wildman–Crippen MR) is 81.3 cm³/mol. The Morgan fingerprint density at radius 3 is 2.75 bits per heavy atom. The van der Waals surface area contributed by atoms with E-state index >= 15 is 0 Å². The normalized spacial score (nSPS) is 47.8. The summed E-state index contributed by atoms with van der Waals surface area (Å²) in [6, 6.07) is 0. The molecule has 0 bridgehead atoms. The Morgan fingerprint density at radius 1 is 1.05 bits per heavy atom. The van der Waals surface area contributed by atoms with Crippen LogP contribution < -0.4 is 0 Å². The first-order chi connectivity index (χ1) is 9.59. The van der Waals surface area contributed by atoms with Crippen LogP contribution in [-0.2, 0) is 4.79 Å². The lowest BCUT2D eigenvalue weighted by Crippen LogP contribution is -2.50. The molecule has 0 aromatic carbocycles. The van der Waals surface area contributed by atoms with Crippen LogP contribution in [0.4, 0.5) is 0 Å². The highest BCUT2D eigenvalue weighted by molar-refractivity contribution is 5.79. The molecule has 5 atom stereocenters. The lowest BCUT2D eigenvalue weighted by atomic mass is 9.48. The standard InChI is InChI=1S/C19H28O/c1-12-3-5-16-15(12)7-8-18-17(16)6-4-13-11-14(20)9-10-19(13,18)2/h13,16-18H,3-11H2,1-2H3. The summed E-state index contributed by atoms with van der Waals surface area (Å²) < 4.78 is 0. The quantitative estimate of drug-likeness (QED) is 0.573. The number of hydrogen-bond donors (Lipinski definition) is 0. The van der Waals surface area contributed by atoms with Crippen molar-refractivity contribution in [1.29, 1.82) is 0 Å². The maximum Gasteiger partial charge on any atom is 0.133 e. The number of hydrogen-bond acceptors (Lipinski definition) is 1. The third kappa shape index (κ3) is 1.71. The molecule has 0 amide bonds. The van der Waals surface area contributed by atoms with E-state index in [1.165, 1.54) is 44.9 Å². The van der Waals surface area contributed by atoms with E-state index in [2.05, 4.69) is 13.8 Å². The third-order valence-corrected chi connectivity index (χ3v) is 7.63. The molecule has 20 heavy (non-hydrogen) atoms. The molecule has 0 spiro atoms. The molecule has 4 aliphatic carbocycles. The molecule has 0 radical (unpaired) electrons. The van der Waals surface area contributed by atoms with Crippen molar-refractivity contribution < 1.29 is 4.79 Å². The summed E-state index contributed by atoms with van der Waals surface area (Å²) in [5.41, 5.74) is 4.05. The van der Waals surface area contributed by atoms with Crippen LogP contribution in [0, 0.1) is 29.1 Å². The van der Waals surface area contributed by atoms with Crippen LogP contribution in [-0.4, -0.2) is 5.78 Å². The first-order valence-electron chi connectivity index (χ1n) is 8.80. The van der Waals surface area contributed by atoms with Crippen LogP contribution in [0.15, 0.2) is 11.1 Å². The van der Waals surface area contributed by atoms with Crippen molar-refractivity contribution in [2.45, 2.75) is 71.6 Å². The molecular formula is C19H28O. The van der Waals surface area contributed by atoms with Crippen LogP contribution in [0.2, 0.25) is 0 Å². The van der Waals surface area contributed by atoms with Crippen LogP contribution in [0.1, 0.15) is 71.6 Å². The van der Waals surface area contributed by atoms with E-state index < -0.39 is 0 Å². The zero-order valence-corrected chi connectivity index (χ0v) is 13.1. The summed E-state index contributed by atoms with van der Waals surface area (Å²) in [4.78, 5) is 11.8. The van der Waals surface area contributed by atoms with Gasteiger partial charge in [0.2, 0.25) is 0 Å². The highest BCUT2D eigenvalue weighted by atomic mass is 16.1. The van der Waals surface area contributed by atoms with Crippen molar-refractivity contribution >= 4 is 5.78 Å². The monoisotopic (exact) mass is 272 g/mol. The minimum Gasteiger partial charge on any atom is -0.300 e. The van der Waals surface area contributed by atoms with Gasteiger partial charge in [-0.1, -0.05) is 18.1 Å². The number of carbonyl (C=O) groups excluding carboxylic acids is 1. The van der Waals surface area contributed by atoms with Gasteiger partial charge >= 0.3 is 0 Å². The number of fused-ring (bicyclic) bond motifs is 5. The van der Waals surface area contributed by atoms with E-state index in [1.54, 1.807) is 5.57 Å². The Hall–Kier alpha value is -0.590. The summed E-state index contributed by atoms with van der Waals surface area (Å²) in [5, 5.41) is 0. The molecule has 0 N–H and O–H groups in total. The van der Waals surface area contributed by atoms with Gasteiger partial charge in [0, 0.05) is 12.8 Å². The van der Waals surface area contributed by atoms with E-state index in [0.717, 1.165) is 30.6 Å². The number of rotatable bonds is 0. The number of allylic oxidation sites excluding steroid dienone is 2. The number of Topliss-reactive ketones (excluding diaryl/α,β-unsaturated/α-hetero) is 1. The molecule has 110 valence electrons. The van der Waals surface area contributed by atoms with Gasteiger partial charge in [-0.3, -0.25) is 4.79 Å². The predicted octanol–water partition coefficient (Wildman–Crippen LogP) is 4.91. The summed E-state index contributed by atoms with van der Waals surface area (Å²) in [6.45, 7) is 4.92. The highest BCUT2D eigenvalue weighted by Gasteiger charge is 2.54. The average Bonchev–Trinajstić information content (AvgIpc) is 2.82. The molecule has 0 aromatic rings. The molecule has 3 fully saturated rings. The lowest BCUT2D eigenvalue weighted by Gasteiger charge is -2.57. The zero-order chi connectivity index (χ0) is 13.9. The molecule has 5 unspecified atom stereocenters. The minimum absolute atomic E-state index is 0.485. The first kappa shape index (κ1) is 13.1. The average molecular weight is 272 g/mol. The summed E-state index contributed by atoms with van der Waals surface area (Å²) >= 11 is 0. The smallest absolute Gasteiger partial charge is 0.133 e.